The van der Waals surface area contributed by atoms with Crippen molar-refractivity contribution in [1.29, 1.82) is 0 Å². The van der Waals surface area contributed by atoms with Gasteiger partial charge >= 0.3 is 0 Å². The quantitative estimate of drug-likeness (QED) is 0.858. The van der Waals surface area contributed by atoms with E-state index in [2.05, 4.69) is 5.10 Å². The standard InChI is InChI=1S/C11H10Cl3N3OS/c1-16(5-7-2-3-9(13)19-7)6-17-11(18)10(14)8(12)4-15-17/h2-4H,5-6H2,1H3. The summed E-state index contributed by atoms with van der Waals surface area (Å²) in [5.74, 6) is 0. The molecule has 0 aromatic carbocycles. The van der Waals surface area contributed by atoms with Gasteiger partial charge in [0.25, 0.3) is 5.56 Å². The predicted molar refractivity (Wildman–Crippen MR) is 79.3 cm³/mol. The maximum absolute atomic E-state index is 11.8. The number of aromatic nitrogens is 2. The molecule has 0 saturated heterocycles. The van der Waals surface area contributed by atoms with Crippen molar-refractivity contribution in [3.05, 3.63) is 47.9 Å². The maximum Gasteiger partial charge on any atom is 0.288 e. The van der Waals surface area contributed by atoms with Crippen LogP contribution in [0.5, 0.6) is 0 Å². The first kappa shape index (κ1) is 14.8. The number of hydrogen-bond acceptors (Lipinski definition) is 4. The van der Waals surface area contributed by atoms with Crippen LogP contribution in [0.3, 0.4) is 0 Å². The highest BCUT2D eigenvalue weighted by atomic mass is 35.5. The minimum atomic E-state index is -0.398. The van der Waals surface area contributed by atoms with Crippen molar-refractivity contribution >= 4 is 46.1 Å². The maximum atomic E-state index is 11.8. The fraction of sp³-hybridized carbons (Fsp3) is 0.273. The minimum Gasteiger partial charge on any atom is -0.282 e. The molecular formula is C11H10Cl3N3OS. The van der Waals surface area contributed by atoms with Gasteiger partial charge in [0.15, 0.2) is 0 Å². The van der Waals surface area contributed by atoms with Crippen LogP contribution in [0.1, 0.15) is 4.88 Å². The summed E-state index contributed by atoms with van der Waals surface area (Å²) in [6, 6.07) is 3.80. The Kier molecular flexibility index (Phi) is 4.86. The van der Waals surface area contributed by atoms with Gasteiger partial charge in [0.1, 0.15) is 5.02 Å². The van der Waals surface area contributed by atoms with Crippen molar-refractivity contribution in [2.75, 3.05) is 7.05 Å². The third kappa shape index (κ3) is 3.70. The first-order valence-electron chi connectivity index (χ1n) is 5.31. The van der Waals surface area contributed by atoms with E-state index < -0.39 is 5.56 Å². The van der Waals surface area contributed by atoms with Crippen LogP contribution in [-0.2, 0) is 13.2 Å². The molecule has 19 heavy (non-hydrogen) atoms. The fourth-order valence-electron chi connectivity index (χ4n) is 1.53. The molecule has 2 aromatic rings. The lowest BCUT2D eigenvalue weighted by atomic mass is 10.4. The van der Waals surface area contributed by atoms with Gasteiger partial charge in [-0.25, -0.2) is 4.68 Å². The summed E-state index contributed by atoms with van der Waals surface area (Å²) in [4.78, 5) is 14.9. The molecule has 0 amide bonds. The highest BCUT2D eigenvalue weighted by Crippen LogP contribution is 2.22. The third-order valence-corrected chi connectivity index (χ3v) is 4.34. The van der Waals surface area contributed by atoms with Gasteiger partial charge in [-0.05, 0) is 19.2 Å². The molecule has 2 aromatic heterocycles. The van der Waals surface area contributed by atoms with E-state index in [0.29, 0.717) is 13.2 Å². The lowest BCUT2D eigenvalue weighted by molar-refractivity contribution is 0.242. The molecule has 0 spiro atoms. The first-order chi connectivity index (χ1) is 8.97. The van der Waals surface area contributed by atoms with Crippen molar-refractivity contribution in [2.45, 2.75) is 13.2 Å². The molecule has 4 nitrogen and oxygen atoms in total. The molecule has 0 radical (unpaired) electrons. The zero-order valence-corrected chi connectivity index (χ0v) is 13.0. The summed E-state index contributed by atoms with van der Waals surface area (Å²) in [6.45, 7) is 0.997. The molecule has 0 aliphatic carbocycles. The second-order valence-electron chi connectivity index (χ2n) is 3.97. The number of thiophene rings is 1. The van der Waals surface area contributed by atoms with Crippen LogP contribution >= 0.6 is 46.1 Å². The van der Waals surface area contributed by atoms with Gasteiger partial charge in [-0.1, -0.05) is 34.8 Å². The lowest BCUT2D eigenvalue weighted by Crippen LogP contribution is -2.31. The third-order valence-electron chi connectivity index (χ3n) is 2.37. The Labute approximate surface area is 129 Å². The molecule has 0 unspecified atom stereocenters. The van der Waals surface area contributed by atoms with E-state index in [1.165, 1.54) is 22.2 Å². The van der Waals surface area contributed by atoms with E-state index in [9.17, 15) is 4.79 Å². The number of nitrogens with zero attached hydrogens (tertiary/aromatic N) is 3. The van der Waals surface area contributed by atoms with Crippen molar-refractivity contribution in [1.82, 2.24) is 14.7 Å². The average molecular weight is 339 g/mol. The summed E-state index contributed by atoms with van der Waals surface area (Å²) in [7, 11) is 1.88. The Balaban J connectivity index is 2.09. The normalized spacial score (nSPS) is 11.2. The molecule has 102 valence electrons. The Morgan fingerprint density at radius 2 is 2.11 bits per heavy atom. The fourth-order valence-corrected chi connectivity index (χ4v) is 2.97. The monoisotopic (exact) mass is 337 g/mol. The average Bonchev–Trinajstić information content (AvgIpc) is 2.75. The summed E-state index contributed by atoms with van der Waals surface area (Å²) in [5.41, 5.74) is -0.398. The topological polar surface area (TPSA) is 38.1 Å². The van der Waals surface area contributed by atoms with E-state index in [4.69, 9.17) is 34.8 Å². The van der Waals surface area contributed by atoms with Gasteiger partial charge in [0, 0.05) is 11.4 Å². The highest BCUT2D eigenvalue weighted by molar-refractivity contribution is 7.16. The van der Waals surface area contributed by atoms with E-state index in [1.54, 1.807) is 0 Å². The molecule has 0 aliphatic rings. The Hall–Kier alpha value is -0.590. The van der Waals surface area contributed by atoms with Crippen LogP contribution in [0.25, 0.3) is 0 Å². The van der Waals surface area contributed by atoms with Crippen LogP contribution in [0.2, 0.25) is 14.4 Å². The Bertz CT molecular complexity index is 640. The predicted octanol–water partition coefficient (Wildman–Crippen LogP) is 3.35. The van der Waals surface area contributed by atoms with Gasteiger partial charge in [0.2, 0.25) is 0 Å². The van der Waals surface area contributed by atoms with Gasteiger partial charge in [-0.2, -0.15) is 5.10 Å². The molecule has 0 bridgehead atoms. The molecule has 0 saturated carbocycles. The molecule has 0 fully saturated rings. The van der Waals surface area contributed by atoms with Gasteiger partial charge in [-0.15, -0.1) is 11.3 Å². The van der Waals surface area contributed by atoms with E-state index in [-0.39, 0.29) is 10.0 Å². The van der Waals surface area contributed by atoms with E-state index in [1.807, 2.05) is 24.1 Å². The van der Waals surface area contributed by atoms with Crippen molar-refractivity contribution in [2.24, 2.45) is 0 Å². The second kappa shape index (κ2) is 6.24. The molecule has 2 rings (SSSR count). The van der Waals surface area contributed by atoms with Gasteiger partial charge < -0.3 is 0 Å². The van der Waals surface area contributed by atoms with Gasteiger partial charge in [-0.3, -0.25) is 9.69 Å². The largest absolute Gasteiger partial charge is 0.288 e. The van der Waals surface area contributed by atoms with E-state index in [0.717, 1.165) is 9.21 Å². The number of halogens is 3. The molecule has 0 N–H and O–H groups in total. The summed E-state index contributed by atoms with van der Waals surface area (Å²) in [5, 5.41) is 4.10. The first-order valence-corrected chi connectivity index (χ1v) is 7.26. The Morgan fingerprint density at radius 1 is 1.37 bits per heavy atom. The van der Waals surface area contributed by atoms with Crippen molar-refractivity contribution < 1.29 is 0 Å². The summed E-state index contributed by atoms with van der Waals surface area (Å²) < 4.78 is 2.01. The molecule has 2 heterocycles. The molecule has 8 heteroatoms. The molecule has 0 atom stereocenters. The zero-order valence-electron chi connectivity index (χ0n) is 9.94. The SMILES string of the molecule is CN(Cc1ccc(Cl)s1)Cn1ncc(Cl)c(Cl)c1=O. The summed E-state index contributed by atoms with van der Waals surface area (Å²) in [6.07, 6.45) is 1.36. The minimum absolute atomic E-state index is 0.00997. The molecule has 0 aliphatic heterocycles. The zero-order chi connectivity index (χ0) is 14.0. The number of hydrogen-bond donors (Lipinski definition) is 0. The smallest absolute Gasteiger partial charge is 0.282 e. The van der Waals surface area contributed by atoms with Crippen LogP contribution in [0.4, 0.5) is 0 Å². The van der Waals surface area contributed by atoms with Crippen molar-refractivity contribution in [3.63, 3.8) is 0 Å². The second-order valence-corrected chi connectivity index (χ2v) is 6.56. The van der Waals surface area contributed by atoms with Gasteiger partial charge in [0.05, 0.1) is 22.2 Å². The van der Waals surface area contributed by atoms with Crippen LogP contribution in [-0.4, -0.2) is 21.7 Å². The Morgan fingerprint density at radius 3 is 2.74 bits per heavy atom. The summed E-state index contributed by atoms with van der Waals surface area (Å²) >= 11 is 18.9. The van der Waals surface area contributed by atoms with Crippen LogP contribution < -0.4 is 5.56 Å². The molecular weight excluding hydrogens is 329 g/mol. The number of rotatable bonds is 4. The van der Waals surface area contributed by atoms with E-state index >= 15 is 0 Å². The van der Waals surface area contributed by atoms with Crippen LogP contribution in [0, 0.1) is 0 Å². The van der Waals surface area contributed by atoms with Crippen LogP contribution in [0.15, 0.2) is 23.1 Å². The highest BCUT2D eigenvalue weighted by Gasteiger charge is 2.10. The van der Waals surface area contributed by atoms with Crippen molar-refractivity contribution in [3.8, 4) is 0 Å². The lowest BCUT2D eigenvalue weighted by Gasteiger charge is -2.16.